The van der Waals surface area contributed by atoms with Crippen LogP contribution in [0.1, 0.15) is 6.92 Å². The normalized spacial score (nSPS) is 12.0. The molecule has 0 aliphatic carbocycles. The maximum Gasteiger partial charge on any atom is 0.226 e. The zero-order valence-electron chi connectivity index (χ0n) is 11.6. The highest BCUT2D eigenvalue weighted by Gasteiger charge is 2.16. The van der Waals surface area contributed by atoms with Gasteiger partial charge in [-0.25, -0.2) is 4.39 Å². The number of likely N-dealkylation sites (N-methyl/N-ethyl adjacent to an activating group) is 1. The van der Waals surface area contributed by atoms with Gasteiger partial charge in [-0.2, -0.15) is 0 Å². The molecule has 0 aliphatic rings. The molecule has 0 bridgehead atoms. The zero-order chi connectivity index (χ0) is 14.3. The number of hydrogen-bond donors (Lipinski definition) is 1. The zero-order valence-corrected chi connectivity index (χ0v) is 11.6. The van der Waals surface area contributed by atoms with E-state index < -0.39 is 0 Å². The highest BCUT2D eigenvalue weighted by molar-refractivity contribution is 5.78. The number of amides is 1. The van der Waals surface area contributed by atoms with Crippen molar-refractivity contribution >= 4 is 5.91 Å². The predicted molar refractivity (Wildman–Crippen MR) is 72.6 cm³/mol. The van der Waals surface area contributed by atoms with Crippen LogP contribution in [0.15, 0.2) is 24.3 Å². The molecule has 0 heterocycles. The van der Waals surface area contributed by atoms with Gasteiger partial charge in [-0.15, -0.1) is 0 Å². The van der Waals surface area contributed by atoms with Crippen LogP contribution in [0.25, 0.3) is 0 Å². The summed E-state index contributed by atoms with van der Waals surface area (Å²) < 4.78 is 18.3. The van der Waals surface area contributed by atoms with E-state index in [-0.39, 0.29) is 17.6 Å². The maximum absolute atomic E-state index is 12.9. The van der Waals surface area contributed by atoms with Crippen molar-refractivity contribution in [2.45, 2.75) is 6.92 Å². The van der Waals surface area contributed by atoms with Crippen LogP contribution >= 0.6 is 0 Å². The van der Waals surface area contributed by atoms with Gasteiger partial charge < -0.3 is 15.0 Å². The number of hydrogen-bond acceptors (Lipinski definition) is 3. The maximum atomic E-state index is 12.9. The lowest BCUT2D eigenvalue weighted by atomic mass is 10.1. The molecule has 0 radical (unpaired) electrons. The number of halogens is 1. The third-order valence-electron chi connectivity index (χ3n) is 2.80. The molecular formula is C14H21FN2O2. The van der Waals surface area contributed by atoms with Gasteiger partial charge >= 0.3 is 0 Å². The van der Waals surface area contributed by atoms with Crippen LogP contribution in [0.4, 0.5) is 4.39 Å². The Morgan fingerprint density at radius 3 is 2.89 bits per heavy atom. The highest BCUT2D eigenvalue weighted by atomic mass is 19.1. The summed E-state index contributed by atoms with van der Waals surface area (Å²) >= 11 is 0. The fraction of sp³-hybridized carbons (Fsp3) is 0.500. The van der Waals surface area contributed by atoms with E-state index in [9.17, 15) is 9.18 Å². The van der Waals surface area contributed by atoms with Gasteiger partial charge in [0.25, 0.3) is 0 Å². The molecule has 0 spiro atoms. The Kier molecular flexibility index (Phi) is 6.29. The van der Waals surface area contributed by atoms with Crippen molar-refractivity contribution in [2.24, 2.45) is 5.92 Å². The van der Waals surface area contributed by atoms with Crippen molar-refractivity contribution < 1.29 is 13.9 Å². The minimum Gasteiger partial charge on any atom is -0.492 e. The van der Waals surface area contributed by atoms with Crippen molar-refractivity contribution in [2.75, 3.05) is 33.8 Å². The molecule has 1 atom stereocenters. The summed E-state index contributed by atoms with van der Waals surface area (Å²) in [6.07, 6.45) is 0. The summed E-state index contributed by atoms with van der Waals surface area (Å²) in [7, 11) is 3.56. The summed E-state index contributed by atoms with van der Waals surface area (Å²) in [6.45, 7) is 3.35. The SMILES string of the molecule is CNCC(C)C(=O)N(C)CCOc1cccc(F)c1. The van der Waals surface area contributed by atoms with Crippen LogP contribution < -0.4 is 10.1 Å². The molecular weight excluding hydrogens is 247 g/mol. The molecule has 0 saturated carbocycles. The summed E-state index contributed by atoms with van der Waals surface area (Å²) in [6, 6.07) is 5.97. The summed E-state index contributed by atoms with van der Waals surface area (Å²) in [5, 5.41) is 2.97. The van der Waals surface area contributed by atoms with E-state index in [0.717, 1.165) is 0 Å². The van der Waals surface area contributed by atoms with Gasteiger partial charge in [0.05, 0.1) is 6.54 Å². The van der Waals surface area contributed by atoms with Crippen LogP contribution in [0, 0.1) is 11.7 Å². The fourth-order valence-corrected chi connectivity index (χ4v) is 1.74. The summed E-state index contributed by atoms with van der Waals surface area (Å²) in [5.41, 5.74) is 0. The lowest BCUT2D eigenvalue weighted by Gasteiger charge is -2.21. The predicted octanol–water partition coefficient (Wildman–Crippen LogP) is 1.52. The van der Waals surface area contributed by atoms with Gasteiger partial charge in [-0.3, -0.25) is 4.79 Å². The van der Waals surface area contributed by atoms with Gasteiger partial charge in [0.15, 0.2) is 0 Å². The van der Waals surface area contributed by atoms with E-state index >= 15 is 0 Å². The highest BCUT2D eigenvalue weighted by Crippen LogP contribution is 2.11. The largest absolute Gasteiger partial charge is 0.492 e. The third kappa shape index (κ3) is 5.26. The minimum atomic E-state index is -0.329. The van der Waals surface area contributed by atoms with Crippen LogP contribution in [0.5, 0.6) is 5.75 Å². The monoisotopic (exact) mass is 268 g/mol. The number of benzene rings is 1. The molecule has 1 unspecified atom stereocenters. The molecule has 4 nitrogen and oxygen atoms in total. The Morgan fingerprint density at radius 1 is 1.53 bits per heavy atom. The van der Waals surface area contributed by atoms with Crippen LogP contribution in [-0.4, -0.2) is 44.6 Å². The molecule has 1 rings (SSSR count). The van der Waals surface area contributed by atoms with Crippen LogP contribution in [0.2, 0.25) is 0 Å². The van der Waals surface area contributed by atoms with E-state index in [1.165, 1.54) is 12.1 Å². The summed E-state index contributed by atoms with van der Waals surface area (Å²) in [4.78, 5) is 13.5. The standard InChI is InChI=1S/C14H21FN2O2/c1-11(10-16-2)14(18)17(3)7-8-19-13-6-4-5-12(15)9-13/h4-6,9,11,16H,7-8,10H2,1-3H3. The van der Waals surface area contributed by atoms with Crippen molar-refractivity contribution in [3.8, 4) is 5.75 Å². The Labute approximate surface area is 113 Å². The fourth-order valence-electron chi connectivity index (χ4n) is 1.74. The lowest BCUT2D eigenvalue weighted by Crippen LogP contribution is -2.38. The van der Waals surface area contributed by atoms with Crippen molar-refractivity contribution in [1.29, 1.82) is 0 Å². The number of carbonyl (C=O) groups excluding carboxylic acids is 1. The molecule has 0 aromatic heterocycles. The number of rotatable bonds is 7. The van der Waals surface area contributed by atoms with E-state index in [2.05, 4.69) is 5.32 Å². The second-order valence-electron chi connectivity index (χ2n) is 4.52. The Balaban J connectivity index is 2.34. The first-order chi connectivity index (χ1) is 9.04. The first-order valence-electron chi connectivity index (χ1n) is 6.32. The van der Waals surface area contributed by atoms with Crippen LogP contribution in [-0.2, 0) is 4.79 Å². The average molecular weight is 268 g/mol. The average Bonchev–Trinajstić information content (AvgIpc) is 2.38. The first-order valence-corrected chi connectivity index (χ1v) is 6.32. The van der Waals surface area contributed by atoms with E-state index in [4.69, 9.17) is 4.74 Å². The Morgan fingerprint density at radius 2 is 2.26 bits per heavy atom. The molecule has 0 saturated heterocycles. The van der Waals surface area contributed by atoms with Crippen LogP contribution in [0.3, 0.4) is 0 Å². The number of ether oxygens (including phenoxy) is 1. The van der Waals surface area contributed by atoms with Gasteiger partial charge in [-0.1, -0.05) is 13.0 Å². The third-order valence-corrected chi connectivity index (χ3v) is 2.80. The van der Waals surface area contributed by atoms with E-state index in [1.807, 2.05) is 14.0 Å². The Bertz CT molecular complexity index is 412. The molecule has 1 aromatic rings. The van der Waals surface area contributed by atoms with E-state index in [1.54, 1.807) is 24.1 Å². The van der Waals surface area contributed by atoms with Gasteiger partial charge in [0.2, 0.25) is 5.91 Å². The molecule has 5 heteroatoms. The van der Waals surface area contributed by atoms with Gasteiger partial charge in [-0.05, 0) is 19.2 Å². The lowest BCUT2D eigenvalue weighted by molar-refractivity contribution is -0.133. The smallest absolute Gasteiger partial charge is 0.226 e. The quantitative estimate of drug-likeness (QED) is 0.815. The molecule has 1 N–H and O–H groups in total. The summed E-state index contributed by atoms with van der Waals surface area (Å²) in [5.74, 6) is 0.148. The van der Waals surface area contributed by atoms with Gasteiger partial charge in [0, 0.05) is 25.6 Å². The molecule has 106 valence electrons. The second-order valence-corrected chi connectivity index (χ2v) is 4.52. The topological polar surface area (TPSA) is 41.6 Å². The molecule has 0 aliphatic heterocycles. The number of nitrogens with one attached hydrogen (secondary N) is 1. The van der Waals surface area contributed by atoms with E-state index in [0.29, 0.717) is 25.4 Å². The molecule has 19 heavy (non-hydrogen) atoms. The van der Waals surface area contributed by atoms with Crippen molar-refractivity contribution in [3.05, 3.63) is 30.1 Å². The molecule has 0 fully saturated rings. The van der Waals surface area contributed by atoms with Gasteiger partial charge in [0.1, 0.15) is 18.2 Å². The minimum absolute atomic E-state index is 0.0656. The Hall–Kier alpha value is -1.62. The number of carbonyl (C=O) groups is 1. The first kappa shape index (κ1) is 15.4. The second kappa shape index (κ2) is 7.74. The van der Waals surface area contributed by atoms with Crippen molar-refractivity contribution in [1.82, 2.24) is 10.2 Å². The number of nitrogens with zero attached hydrogens (tertiary/aromatic N) is 1. The van der Waals surface area contributed by atoms with Crippen molar-refractivity contribution in [3.63, 3.8) is 0 Å². The molecule has 1 amide bonds. The molecule has 1 aromatic carbocycles.